The van der Waals surface area contributed by atoms with E-state index < -0.39 is 0 Å². The lowest BCUT2D eigenvalue weighted by molar-refractivity contribution is -0.135. The van der Waals surface area contributed by atoms with E-state index in [-0.39, 0.29) is 5.92 Å². The van der Waals surface area contributed by atoms with Gasteiger partial charge < -0.3 is 10.2 Å². The Bertz CT molecular complexity index is 482. The van der Waals surface area contributed by atoms with E-state index in [0.717, 1.165) is 56.9 Å². The quantitative estimate of drug-likeness (QED) is 0.931. The number of benzene rings is 1. The van der Waals surface area contributed by atoms with Gasteiger partial charge in [0.15, 0.2) is 0 Å². The molecule has 21 heavy (non-hydrogen) atoms. The zero-order chi connectivity index (χ0) is 14.7. The van der Waals surface area contributed by atoms with Crippen molar-refractivity contribution in [3.05, 3.63) is 34.9 Å². The largest absolute Gasteiger partial charge is 0.342 e. The van der Waals surface area contributed by atoms with E-state index in [2.05, 4.69) is 22.3 Å². The fraction of sp³-hybridized carbons (Fsp3) is 0.588. The fourth-order valence-electron chi connectivity index (χ4n) is 3.48. The number of hydrogen-bond donors (Lipinski definition) is 1. The summed E-state index contributed by atoms with van der Waals surface area (Å²) in [6.45, 7) is 3.82. The molecule has 0 aliphatic carbocycles. The summed E-state index contributed by atoms with van der Waals surface area (Å²) in [4.78, 5) is 14.6. The highest BCUT2D eigenvalue weighted by Gasteiger charge is 2.31. The summed E-state index contributed by atoms with van der Waals surface area (Å²) in [7, 11) is 0. The SMILES string of the molecule is O=C(C1CCNCC1)N1CCC(Cc2ccc(Cl)cc2)C1. The number of hydrogen-bond acceptors (Lipinski definition) is 2. The Morgan fingerprint density at radius 2 is 1.90 bits per heavy atom. The zero-order valence-electron chi connectivity index (χ0n) is 12.4. The Kier molecular flexibility index (Phi) is 4.81. The van der Waals surface area contributed by atoms with Crippen molar-refractivity contribution in [2.24, 2.45) is 11.8 Å². The van der Waals surface area contributed by atoms with Crippen LogP contribution in [0, 0.1) is 11.8 Å². The lowest BCUT2D eigenvalue weighted by Gasteiger charge is -2.26. The molecule has 4 heteroatoms. The maximum absolute atomic E-state index is 12.5. The minimum absolute atomic E-state index is 0.250. The van der Waals surface area contributed by atoms with Crippen LogP contribution in [0.5, 0.6) is 0 Å². The van der Waals surface area contributed by atoms with Crippen molar-refractivity contribution in [2.75, 3.05) is 26.2 Å². The third kappa shape index (κ3) is 3.78. The number of piperidine rings is 1. The van der Waals surface area contributed by atoms with Gasteiger partial charge in [0.25, 0.3) is 0 Å². The molecule has 0 radical (unpaired) electrons. The summed E-state index contributed by atoms with van der Waals surface area (Å²) in [5.74, 6) is 1.23. The molecule has 1 amide bonds. The third-order valence-electron chi connectivity index (χ3n) is 4.72. The molecular weight excluding hydrogens is 284 g/mol. The number of halogens is 1. The Labute approximate surface area is 131 Å². The summed E-state index contributed by atoms with van der Waals surface area (Å²) in [5.41, 5.74) is 1.32. The number of rotatable bonds is 3. The van der Waals surface area contributed by atoms with Gasteiger partial charge in [0.1, 0.15) is 0 Å². The standard InChI is InChI=1S/C17H23ClN2O/c18-16-3-1-13(2-4-16)11-14-7-10-20(12-14)17(21)15-5-8-19-9-6-15/h1-4,14-15,19H,5-12H2. The summed E-state index contributed by atoms with van der Waals surface area (Å²) in [5, 5.41) is 4.11. The molecule has 2 heterocycles. The van der Waals surface area contributed by atoms with Gasteiger partial charge in [0, 0.05) is 24.0 Å². The first-order chi connectivity index (χ1) is 10.2. The molecule has 1 N–H and O–H groups in total. The van der Waals surface area contributed by atoms with E-state index in [4.69, 9.17) is 11.6 Å². The molecule has 3 nitrogen and oxygen atoms in total. The van der Waals surface area contributed by atoms with E-state index in [1.807, 2.05) is 12.1 Å². The van der Waals surface area contributed by atoms with E-state index in [9.17, 15) is 4.79 Å². The molecule has 2 saturated heterocycles. The lowest BCUT2D eigenvalue weighted by Crippen LogP contribution is -2.40. The highest BCUT2D eigenvalue weighted by molar-refractivity contribution is 6.30. The molecule has 0 saturated carbocycles. The maximum atomic E-state index is 12.5. The molecule has 2 aliphatic rings. The number of nitrogens with one attached hydrogen (secondary N) is 1. The molecule has 0 aromatic heterocycles. The smallest absolute Gasteiger partial charge is 0.225 e. The van der Waals surface area contributed by atoms with Crippen LogP contribution in [0.25, 0.3) is 0 Å². The molecule has 3 rings (SSSR count). The zero-order valence-corrected chi connectivity index (χ0v) is 13.1. The van der Waals surface area contributed by atoms with Crippen LogP contribution < -0.4 is 5.32 Å². The van der Waals surface area contributed by atoms with Gasteiger partial charge in [0.2, 0.25) is 5.91 Å². The van der Waals surface area contributed by atoms with Crippen LogP contribution in [-0.4, -0.2) is 37.0 Å². The van der Waals surface area contributed by atoms with Gasteiger partial charge in [-0.3, -0.25) is 4.79 Å². The molecule has 1 aromatic carbocycles. The van der Waals surface area contributed by atoms with Crippen LogP contribution in [0.15, 0.2) is 24.3 Å². The van der Waals surface area contributed by atoms with Crippen molar-refractivity contribution < 1.29 is 4.79 Å². The molecule has 2 aliphatic heterocycles. The second kappa shape index (κ2) is 6.80. The van der Waals surface area contributed by atoms with Gasteiger partial charge in [-0.2, -0.15) is 0 Å². The molecule has 1 atom stereocenters. The van der Waals surface area contributed by atoms with Crippen molar-refractivity contribution in [1.29, 1.82) is 0 Å². The summed E-state index contributed by atoms with van der Waals surface area (Å²) in [6, 6.07) is 8.09. The van der Waals surface area contributed by atoms with Crippen LogP contribution in [0.1, 0.15) is 24.8 Å². The van der Waals surface area contributed by atoms with Gasteiger partial charge >= 0.3 is 0 Å². The third-order valence-corrected chi connectivity index (χ3v) is 4.98. The minimum Gasteiger partial charge on any atom is -0.342 e. The van der Waals surface area contributed by atoms with Crippen LogP contribution in [0.2, 0.25) is 5.02 Å². The normalized spacial score (nSPS) is 23.5. The van der Waals surface area contributed by atoms with Gasteiger partial charge in [-0.1, -0.05) is 23.7 Å². The summed E-state index contributed by atoms with van der Waals surface area (Å²) >= 11 is 5.92. The predicted octanol–water partition coefficient (Wildman–Crippen LogP) is 2.73. The van der Waals surface area contributed by atoms with Crippen molar-refractivity contribution in [3.8, 4) is 0 Å². The van der Waals surface area contributed by atoms with Crippen LogP contribution in [-0.2, 0) is 11.2 Å². The fourth-order valence-corrected chi connectivity index (χ4v) is 3.61. The Hall–Kier alpha value is -1.06. The molecule has 0 spiro atoms. The Balaban J connectivity index is 1.52. The van der Waals surface area contributed by atoms with E-state index in [0.29, 0.717) is 11.8 Å². The first-order valence-electron chi connectivity index (χ1n) is 7.96. The highest BCUT2D eigenvalue weighted by Crippen LogP contribution is 2.25. The number of amides is 1. The van der Waals surface area contributed by atoms with Crippen molar-refractivity contribution in [1.82, 2.24) is 10.2 Å². The van der Waals surface area contributed by atoms with Gasteiger partial charge in [-0.15, -0.1) is 0 Å². The molecule has 1 unspecified atom stereocenters. The molecule has 2 fully saturated rings. The predicted molar refractivity (Wildman–Crippen MR) is 85.4 cm³/mol. The first-order valence-corrected chi connectivity index (χ1v) is 8.34. The van der Waals surface area contributed by atoms with Crippen LogP contribution in [0.3, 0.4) is 0 Å². The van der Waals surface area contributed by atoms with Crippen LogP contribution >= 0.6 is 11.6 Å². The highest BCUT2D eigenvalue weighted by atomic mass is 35.5. The van der Waals surface area contributed by atoms with Crippen LogP contribution in [0.4, 0.5) is 0 Å². The summed E-state index contributed by atoms with van der Waals surface area (Å²) in [6.07, 6.45) is 4.17. The average molecular weight is 307 g/mol. The second-order valence-electron chi connectivity index (χ2n) is 6.29. The molecule has 114 valence electrons. The monoisotopic (exact) mass is 306 g/mol. The number of carbonyl (C=O) groups is 1. The molecule has 0 bridgehead atoms. The molecular formula is C17H23ClN2O. The number of carbonyl (C=O) groups excluding carboxylic acids is 1. The Morgan fingerprint density at radius 1 is 1.19 bits per heavy atom. The second-order valence-corrected chi connectivity index (χ2v) is 6.73. The van der Waals surface area contributed by atoms with Crippen molar-refractivity contribution in [2.45, 2.75) is 25.7 Å². The first kappa shape index (κ1) is 14.9. The van der Waals surface area contributed by atoms with Crippen molar-refractivity contribution in [3.63, 3.8) is 0 Å². The number of likely N-dealkylation sites (tertiary alicyclic amines) is 1. The van der Waals surface area contributed by atoms with E-state index >= 15 is 0 Å². The lowest BCUT2D eigenvalue weighted by atomic mass is 9.96. The van der Waals surface area contributed by atoms with E-state index in [1.54, 1.807) is 0 Å². The van der Waals surface area contributed by atoms with Gasteiger partial charge in [-0.05, 0) is 62.4 Å². The van der Waals surface area contributed by atoms with Crippen molar-refractivity contribution >= 4 is 17.5 Å². The Morgan fingerprint density at radius 3 is 2.62 bits per heavy atom. The average Bonchev–Trinajstić information content (AvgIpc) is 2.98. The number of nitrogens with zero attached hydrogens (tertiary/aromatic N) is 1. The van der Waals surface area contributed by atoms with Gasteiger partial charge in [0.05, 0.1) is 0 Å². The molecule has 1 aromatic rings. The van der Waals surface area contributed by atoms with Gasteiger partial charge in [-0.25, -0.2) is 0 Å². The summed E-state index contributed by atoms with van der Waals surface area (Å²) < 4.78 is 0. The van der Waals surface area contributed by atoms with E-state index in [1.165, 1.54) is 5.56 Å². The maximum Gasteiger partial charge on any atom is 0.225 e. The topological polar surface area (TPSA) is 32.3 Å². The minimum atomic E-state index is 0.250.